The lowest BCUT2D eigenvalue weighted by Crippen LogP contribution is -2.37. The molecule has 0 unspecified atom stereocenters. The third-order valence-electron chi connectivity index (χ3n) is 18.1. The molecule has 0 atom stereocenters. The van der Waals surface area contributed by atoms with Crippen LogP contribution in [0.15, 0.2) is 87.3 Å². The first-order valence-corrected chi connectivity index (χ1v) is 32.9. The third kappa shape index (κ3) is 13.0. The van der Waals surface area contributed by atoms with Crippen LogP contribution in [0.3, 0.4) is 0 Å². The number of aromatic hydroxyl groups is 2. The van der Waals surface area contributed by atoms with Crippen LogP contribution in [0.2, 0.25) is 0 Å². The molecule has 0 bridgehead atoms. The molecule has 0 saturated carbocycles. The molecule has 22 heteroatoms. The number of aryl methyl sites for hydroxylation is 6. The first-order valence-electron chi connectivity index (χ1n) is 32.9. The Morgan fingerprint density at radius 1 is 0.429 bits per heavy atom. The van der Waals surface area contributed by atoms with E-state index >= 15 is 0 Å². The summed E-state index contributed by atoms with van der Waals surface area (Å²) >= 11 is 0. The first kappa shape index (κ1) is 71.4. The summed E-state index contributed by atoms with van der Waals surface area (Å²) < 4.78 is 6.37. The number of nitrogens with one attached hydrogen (secondary N) is 2. The number of allylic oxidation sites excluding steroid dienone is 2. The van der Waals surface area contributed by atoms with Gasteiger partial charge >= 0.3 is 0 Å². The molecule has 0 saturated heterocycles. The zero-order valence-electron chi connectivity index (χ0n) is 57.6. The molecule has 4 aromatic rings. The van der Waals surface area contributed by atoms with Crippen molar-refractivity contribution in [2.45, 2.75) is 168 Å². The fourth-order valence-electron chi connectivity index (χ4n) is 13.4. The highest BCUT2D eigenvalue weighted by molar-refractivity contribution is 6.29. The molecule has 12 rings (SSSR count). The molecular weight excluding hydrogens is 1250 g/mol. The van der Waals surface area contributed by atoms with Crippen LogP contribution >= 0.6 is 0 Å². The highest BCUT2D eigenvalue weighted by atomic mass is 16.3. The Bertz CT molecular complexity index is 5680. The number of aromatic nitrogens is 6. The standard InChI is InChI=1S/C20H22N2O4.C20H22N2O3.C18H18N2O4.C18H18N2O3/c1-4-5-6-7-8-22-14(24)10-12(3)16-18(22)20(26)17-15(19(16)25)11(2)9-13(23)21-17;1-10(2)6-7-22-13(5)8-11(3)16-18(22)20(25)17-15(19(16)24)12(4)9-14(23)21-17;1-4-5-6-20-12(22)8-10(3)14-16(20)18(24)15-13(17(14)23)9(2)7-11(21)19-15;1-5-6-20-11(4)7-9(2)14-16(20)18(23)15-13(17(14)22)10(3)8-12(21)19-15/h9-10H,4-8H2,1-3H3,(H,21,23);8-10,24H,5-7H2,1-4H3;7-8H,4-6H2,1-3H3,(H,19,21);7-8,22H,4-6H2,1-3H3. The number of ketones is 4. The predicted molar refractivity (Wildman–Crippen MR) is 372 cm³/mol. The highest BCUT2D eigenvalue weighted by Crippen LogP contribution is 2.32. The molecule has 8 heterocycles. The number of carbonyl (C=O) groups is 6. The molecule has 0 aromatic carbocycles. The van der Waals surface area contributed by atoms with E-state index in [1.165, 1.54) is 45.6 Å². The number of rotatable bonds is 13. The Labute approximate surface area is 561 Å². The van der Waals surface area contributed by atoms with Crippen molar-refractivity contribution < 1.29 is 39.0 Å². The van der Waals surface area contributed by atoms with Gasteiger partial charge in [0.15, 0.2) is 11.6 Å². The van der Waals surface area contributed by atoms with Gasteiger partial charge in [0.1, 0.15) is 55.7 Å². The molecule has 0 fully saturated rings. The summed E-state index contributed by atoms with van der Waals surface area (Å²) in [7, 11) is 0. The van der Waals surface area contributed by atoms with Gasteiger partial charge in [-0.15, -0.1) is 0 Å². The Balaban J connectivity index is 0.000000153. The normalized spacial score (nSPS) is 13.3. The number of hydrogen-bond donors (Lipinski definition) is 4. The molecule has 2 amide bonds. The number of fused-ring (bicyclic) bond motifs is 6. The average Bonchev–Trinajstić information content (AvgIpc) is 0.757. The number of amides is 2. The quantitative estimate of drug-likeness (QED) is 0.0862. The molecule has 4 aliphatic carbocycles. The van der Waals surface area contributed by atoms with Crippen molar-refractivity contribution in [2.75, 3.05) is 0 Å². The summed E-state index contributed by atoms with van der Waals surface area (Å²) in [4.78, 5) is 163. The molecule has 0 spiro atoms. The highest BCUT2D eigenvalue weighted by Gasteiger charge is 2.38. The van der Waals surface area contributed by atoms with Crippen LogP contribution in [-0.2, 0) is 35.8 Å². The Hall–Kier alpha value is -10.9. The summed E-state index contributed by atoms with van der Waals surface area (Å²) in [5, 5.41) is 24.8. The zero-order chi connectivity index (χ0) is 72.0. The van der Waals surface area contributed by atoms with E-state index in [0.29, 0.717) is 115 Å². The van der Waals surface area contributed by atoms with Gasteiger partial charge in [-0.1, -0.05) is 73.5 Å². The Morgan fingerprint density at radius 3 is 1.20 bits per heavy atom. The molecular formula is C76H80N8O14. The van der Waals surface area contributed by atoms with Crippen molar-refractivity contribution >= 4 is 59.3 Å². The van der Waals surface area contributed by atoms with E-state index in [9.17, 15) is 67.7 Å². The molecule has 4 aromatic heterocycles. The van der Waals surface area contributed by atoms with Crippen LogP contribution in [0.25, 0.3) is 24.3 Å². The number of aromatic amines is 2. The Morgan fingerprint density at radius 2 is 0.816 bits per heavy atom. The minimum absolute atomic E-state index is 0.00181. The fraction of sp³-hybridized carbons (Fsp3) is 0.342. The lowest BCUT2D eigenvalue weighted by Gasteiger charge is -2.23. The van der Waals surface area contributed by atoms with E-state index in [0.717, 1.165) is 56.1 Å². The second-order valence-electron chi connectivity index (χ2n) is 25.9. The molecule has 0 radical (unpaired) electrons. The molecule has 8 aliphatic rings. The topological polar surface area (TPSA) is 321 Å². The monoisotopic (exact) mass is 1330 g/mol. The lowest BCUT2D eigenvalue weighted by molar-refractivity contribution is -0.114. The van der Waals surface area contributed by atoms with E-state index in [4.69, 9.17) is 0 Å². The van der Waals surface area contributed by atoms with Gasteiger partial charge in [-0.25, -0.2) is 9.98 Å². The SMILES string of the molecule is C=c1cc(C)c2c(O)c3c(c(=O)c=2n1CCC(C)C)=NC(=O)C=C3C.C=c1cc(C)c2c(O)c3c(c(=O)c=2n1CCC)=NC(=O)C=C3C.CCCCCCn1c2c(c(C)cc1=O)C(=O)c1c(C)cc(=O)[nH]c1C2=O.CCCCn1c2c(c(C)cc1=O)C(=O)c1c(C)cc(=O)[nH]c1C2=O. The number of H-pyrrole nitrogens is 2. The van der Waals surface area contributed by atoms with Crippen molar-refractivity contribution in [3.8, 4) is 11.5 Å². The minimum atomic E-state index is -0.476. The smallest absolute Gasteiger partial charge is 0.270 e. The zero-order valence-corrected chi connectivity index (χ0v) is 57.6. The van der Waals surface area contributed by atoms with Crippen molar-refractivity contribution in [3.05, 3.63) is 242 Å². The maximum absolute atomic E-state index is 13.2. The van der Waals surface area contributed by atoms with Gasteiger partial charge in [0.2, 0.25) is 33.5 Å². The number of hydrogen-bond acceptors (Lipinski definition) is 14. The molecule has 4 N–H and O–H groups in total. The Kier molecular flexibility index (Phi) is 20.7. The van der Waals surface area contributed by atoms with Gasteiger partial charge < -0.3 is 38.4 Å². The van der Waals surface area contributed by atoms with Crippen molar-refractivity contribution in [1.29, 1.82) is 0 Å². The summed E-state index contributed by atoms with van der Waals surface area (Å²) in [6.07, 6.45) is 9.73. The van der Waals surface area contributed by atoms with E-state index in [2.05, 4.69) is 53.9 Å². The van der Waals surface area contributed by atoms with Crippen LogP contribution in [0.5, 0.6) is 11.5 Å². The maximum Gasteiger partial charge on any atom is 0.270 e. The van der Waals surface area contributed by atoms with Crippen LogP contribution < -0.4 is 54.5 Å². The van der Waals surface area contributed by atoms with Crippen LogP contribution in [0, 0.1) is 68.6 Å². The van der Waals surface area contributed by atoms with Gasteiger partial charge in [-0.05, 0) is 144 Å². The predicted octanol–water partition coefficient (Wildman–Crippen LogP) is 6.82. The van der Waals surface area contributed by atoms with Crippen molar-refractivity contribution in [1.82, 2.24) is 28.2 Å². The first-order chi connectivity index (χ1) is 46.3. The number of nitrogens with zero attached hydrogens (tertiary/aromatic N) is 6. The molecule has 22 nitrogen and oxygen atoms in total. The third-order valence-corrected chi connectivity index (χ3v) is 18.1. The van der Waals surface area contributed by atoms with Crippen molar-refractivity contribution in [3.63, 3.8) is 0 Å². The van der Waals surface area contributed by atoms with Crippen LogP contribution in [0.4, 0.5) is 0 Å². The number of carbonyl (C=O) groups excluding carboxylic acids is 6. The second-order valence-corrected chi connectivity index (χ2v) is 25.9. The van der Waals surface area contributed by atoms with E-state index in [1.54, 1.807) is 46.1 Å². The molecule has 98 heavy (non-hydrogen) atoms. The average molecular weight is 1330 g/mol. The second kappa shape index (κ2) is 28.4. The maximum atomic E-state index is 13.2. The summed E-state index contributed by atoms with van der Waals surface area (Å²) in [6, 6.07) is 9.15. The fourth-order valence-corrected chi connectivity index (χ4v) is 13.4. The van der Waals surface area contributed by atoms with Crippen LogP contribution in [0.1, 0.15) is 209 Å². The molecule has 4 aliphatic heterocycles. The molecule has 508 valence electrons. The number of unbranched alkanes of at least 4 members (excludes halogenated alkanes) is 4. The van der Waals surface area contributed by atoms with E-state index in [1.807, 2.05) is 44.4 Å². The van der Waals surface area contributed by atoms with Gasteiger partial charge in [-0.2, -0.15) is 0 Å². The van der Waals surface area contributed by atoms with E-state index < -0.39 is 34.5 Å². The summed E-state index contributed by atoms with van der Waals surface area (Å²) in [6.45, 7) is 34.0. The lowest BCUT2D eigenvalue weighted by atomic mass is 9.85. The minimum Gasteiger partial charge on any atom is -0.507 e. The van der Waals surface area contributed by atoms with Gasteiger partial charge in [0.05, 0.1) is 33.4 Å². The summed E-state index contributed by atoms with van der Waals surface area (Å²) in [5.41, 5.74) is 4.26. The van der Waals surface area contributed by atoms with E-state index in [-0.39, 0.29) is 101 Å². The number of pyridine rings is 4. The van der Waals surface area contributed by atoms with Crippen molar-refractivity contribution in [2.24, 2.45) is 15.9 Å². The van der Waals surface area contributed by atoms with Gasteiger partial charge in [-0.3, -0.25) is 57.5 Å². The van der Waals surface area contributed by atoms with Gasteiger partial charge in [0, 0.05) is 83.7 Å². The van der Waals surface area contributed by atoms with Crippen LogP contribution in [-0.4, -0.2) is 73.4 Å². The van der Waals surface area contributed by atoms with Gasteiger partial charge in [0.25, 0.3) is 22.9 Å². The summed E-state index contributed by atoms with van der Waals surface area (Å²) in [5.74, 6) is -2.07. The largest absolute Gasteiger partial charge is 0.507 e.